The van der Waals surface area contributed by atoms with Crippen LogP contribution in [-0.2, 0) is 6.54 Å². The Hall–Kier alpha value is -0.640. The van der Waals surface area contributed by atoms with E-state index in [1.807, 2.05) is 0 Å². The van der Waals surface area contributed by atoms with Crippen molar-refractivity contribution >= 4 is 11.6 Å². The second-order valence-electron chi connectivity index (χ2n) is 3.91. The van der Waals surface area contributed by atoms with Crippen molar-refractivity contribution in [2.24, 2.45) is 0 Å². The van der Waals surface area contributed by atoms with Crippen LogP contribution in [0.5, 0.6) is 0 Å². The SMILES string of the molecule is OC1CCN(Cc2ccc(F)cc2Cl)C1. The van der Waals surface area contributed by atoms with E-state index in [0.29, 0.717) is 18.1 Å². The van der Waals surface area contributed by atoms with Crippen LogP contribution in [0, 0.1) is 5.82 Å². The molecule has 4 heteroatoms. The third-order valence-electron chi connectivity index (χ3n) is 2.66. The quantitative estimate of drug-likeness (QED) is 0.839. The maximum atomic E-state index is 12.8. The molecule has 1 heterocycles. The van der Waals surface area contributed by atoms with E-state index in [1.165, 1.54) is 12.1 Å². The number of halogens is 2. The van der Waals surface area contributed by atoms with Gasteiger partial charge in [0.15, 0.2) is 0 Å². The summed E-state index contributed by atoms with van der Waals surface area (Å²) in [6.07, 6.45) is 0.572. The number of hydrogen-bond donors (Lipinski definition) is 1. The highest BCUT2D eigenvalue weighted by Gasteiger charge is 2.20. The van der Waals surface area contributed by atoms with Gasteiger partial charge in [0.2, 0.25) is 0 Å². The lowest BCUT2D eigenvalue weighted by atomic mass is 10.2. The van der Waals surface area contributed by atoms with Gasteiger partial charge in [-0.15, -0.1) is 0 Å². The van der Waals surface area contributed by atoms with E-state index in [0.717, 1.165) is 18.5 Å². The minimum atomic E-state index is -0.315. The lowest BCUT2D eigenvalue weighted by molar-refractivity contribution is 0.175. The molecule has 1 aliphatic heterocycles. The Balaban J connectivity index is 2.04. The van der Waals surface area contributed by atoms with Gasteiger partial charge in [0.1, 0.15) is 5.82 Å². The van der Waals surface area contributed by atoms with Crippen molar-refractivity contribution in [1.82, 2.24) is 4.90 Å². The van der Waals surface area contributed by atoms with Crippen molar-refractivity contribution in [2.45, 2.75) is 19.1 Å². The van der Waals surface area contributed by atoms with Crippen molar-refractivity contribution < 1.29 is 9.50 Å². The van der Waals surface area contributed by atoms with Gasteiger partial charge < -0.3 is 5.11 Å². The van der Waals surface area contributed by atoms with E-state index in [9.17, 15) is 9.50 Å². The highest BCUT2D eigenvalue weighted by atomic mass is 35.5. The van der Waals surface area contributed by atoms with Gasteiger partial charge in [0, 0.05) is 24.7 Å². The van der Waals surface area contributed by atoms with Crippen LogP contribution < -0.4 is 0 Å². The van der Waals surface area contributed by atoms with Crippen LogP contribution in [0.3, 0.4) is 0 Å². The Morgan fingerprint density at radius 2 is 2.33 bits per heavy atom. The molecule has 15 heavy (non-hydrogen) atoms. The summed E-state index contributed by atoms with van der Waals surface area (Å²) in [4.78, 5) is 2.11. The number of aliphatic hydroxyl groups excluding tert-OH is 1. The fourth-order valence-electron chi connectivity index (χ4n) is 1.85. The predicted octanol–water partition coefficient (Wildman–Crippen LogP) is 2.05. The minimum absolute atomic E-state index is 0.232. The van der Waals surface area contributed by atoms with Crippen LogP contribution in [0.1, 0.15) is 12.0 Å². The molecule has 2 nitrogen and oxygen atoms in total. The van der Waals surface area contributed by atoms with Crippen molar-refractivity contribution in [3.8, 4) is 0 Å². The molecule has 0 aromatic heterocycles. The van der Waals surface area contributed by atoms with Gasteiger partial charge in [0.25, 0.3) is 0 Å². The third-order valence-corrected chi connectivity index (χ3v) is 3.01. The predicted molar refractivity (Wildman–Crippen MR) is 57.3 cm³/mol. The maximum absolute atomic E-state index is 12.8. The standard InChI is InChI=1S/C11H13ClFNO/c12-11-5-9(13)2-1-8(11)6-14-4-3-10(15)7-14/h1-2,5,10,15H,3-4,6-7H2. The first-order chi connectivity index (χ1) is 7.15. The summed E-state index contributed by atoms with van der Waals surface area (Å²) in [5, 5.41) is 9.81. The molecule has 1 unspecified atom stereocenters. The molecule has 0 radical (unpaired) electrons. The summed E-state index contributed by atoms with van der Waals surface area (Å²) in [5.74, 6) is -0.315. The molecule has 0 amide bonds. The second kappa shape index (κ2) is 4.47. The van der Waals surface area contributed by atoms with Gasteiger partial charge in [-0.25, -0.2) is 4.39 Å². The Kier molecular flexibility index (Phi) is 3.24. The van der Waals surface area contributed by atoms with Gasteiger partial charge in [-0.3, -0.25) is 4.90 Å². The number of rotatable bonds is 2. The van der Waals surface area contributed by atoms with E-state index in [1.54, 1.807) is 6.07 Å². The number of nitrogens with zero attached hydrogens (tertiary/aromatic N) is 1. The summed E-state index contributed by atoms with van der Waals surface area (Å²) in [6.45, 7) is 2.22. The lowest BCUT2D eigenvalue weighted by Crippen LogP contribution is -2.21. The average Bonchev–Trinajstić information content (AvgIpc) is 2.56. The molecule has 2 rings (SSSR count). The van der Waals surface area contributed by atoms with Crippen LogP contribution >= 0.6 is 11.6 Å². The van der Waals surface area contributed by atoms with E-state index >= 15 is 0 Å². The number of likely N-dealkylation sites (tertiary alicyclic amines) is 1. The fraction of sp³-hybridized carbons (Fsp3) is 0.455. The van der Waals surface area contributed by atoms with E-state index in [2.05, 4.69) is 4.90 Å². The van der Waals surface area contributed by atoms with Gasteiger partial charge in [-0.2, -0.15) is 0 Å². The van der Waals surface area contributed by atoms with Gasteiger partial charge in [0.05, 0.1) is 6.10 Å². The van der Waals surface area contributed by atoms with E-state index < -0.39 is 0 Å². The Labute approximate surface area is 93.3 Å². The summed E-state index contributed by atoms with van der Waals surface area (Å²) in [6, 6.07) is 4.43. The molecule has 1 aliphatic rings. The monoisotopic (exact) mass is 229 g/mol. The van der Waals surface area contributed by atoms with Crippen molar-refractivity contribution in [2.75, 3.05) is 13.1 Å². The summed E-state index contributed by atoms with van der Waals surface area (Å²) in [7, 11) is 0. The van der Waals surface area contributed by atoms with Gasteiger partial charge >= 0.3 is 0 Å². The molecule has 1 fully saturated rings. The summed E-state index contributed by atoms with van der Waals surface area (Å²) >= 11 is 5.92. The molecular weight excluding hydrogens is 217 g/mol. The van der Waals surface area contributed by atoms with Crippen molar-refractivity contribution in [3.05, 3.63) is 34.6 Å². The summed E-state index contributed by atoms with van der Waals surface area (Å²) in [5.41, 5.74) is 0.909. The molecule has 0 bridgehead atoms. The molecule has 82 valence electrons. The molecule has 1 aromatic rings. The highest BCUT2D eigenvalue weighted by Crippen LogP contribution is 2.21. The Bertz CT molecular complexity index is 358. The largest absolute Gasteiger partial charge is 0.392 e. The first-order valence-corrected chi connectivity index (χ1v) is 5.37. The molecule has 1 aromatic carbocycles. The molecule has 1 saturated heterocycles. The smallest absolute Gasteiger partial charge is 0.124 e. The van der Waals surface area contributed by atoms with Crippen LogP contribution in [0.2, 0.25) is 5.02 Å². The summed E-state index contributed by atoms with van der Waals surface area (Å²) < 4.78 is 12.8. The maximum Gasteiger partial charge on any atom is 0.124 e. The number of β-amino-alcohol motifs (C(OH)–C–C–N with tert-alkyl or cyclic N) is 1. The number of benzene rings is 1. The average molecular weight is 230 g/mol. The molecule has 0 aliphatic carbocycles. The number of hydrogen-bond acceptors (Lipinski definition) is 2. The van der Waals surface area contributed by atoms with E-state index in [-0.39, 0.29) is 11.9 Å². The first kappa shape index (κ1) is 10.9. The van der Waals surface area contributed by atoms with Crippen molar-refractivity contribution in [3.63, 3.8) is 0 Å². The van der Waals surface area contributed by atoms with Gasteiger partial charge in [-0.05, 0) is 24.1 Å². The fourth-order valence-corrected chi connectivity index (χ4v) is 2.07. The molecule has 1 N–H and O–H groups in total. The second-order valence-corrected chi connectivity index (χ2v) is 4.32. The molecule has 0 spiro atoms. The zero-order valence-electron chi connectivity index (χ0n) is 8.29. The molecular formula is C11H13ClFNO. The van der Waals surface area contributed by atoms with Crippen LogP contribution in [0.25, 0.3) is 0 Å². The normalized spacial score (nSPS) is 22.2. The van der Waals surface area contributed by atoms with Crippen LogP contribution in [0.4, 0.5) is 4.39 Å². The lowest BCUT2D eigenvalue weighted by Gasteiger charge is -2.15. The highest BCUT2D eigenvalue weighted by molar-refractivity contribution is 6.31. The molecule has 1 atom stereocenters. The number of aliphatic hydroxyl groups is 1. The first-order valence-electron chi connectivity index (χ1n) is 4.99. The minimum Gasteiger partial charge on any atom is -0.392 e. The van der Waals surface area contributed by atoms with Crippen molar-refractivity contribution in [1.29, 1.82) is 0 Å². The van der Waals surface area contributed by atoms with Crippen LogP contribution in [-0.4, -0.2) is 29.2 Å². The Morgan fingerprint density at radius 3 is 2.93 bits per heavy atom. The molecule has 0 saturated carbocycles. The topological polar surface area (TPSA) is 23.5 Å². The zero-order chi connectivity index (χ0) is 10.8. The van der Waals surface area contributed by atoms with Gasteiger partial charge in [-0.1, -0.05) is 17.7 Å². The van der Waals surface area contributed by atoms with Crippen LogP contribution in [0.15, 0.2) is 18.2 Å². The Morgan fingerprint density at radius 1 is 1.53 bits per heavy atom. The zero-order valence-corrected chi connectivity index (χ0v) is 9.04. The third kappa shape index (κ3) is 2.68. The van der Waals surface area contributed by atoms with E-state index in [4.69, 9.17) is 11.6 Å².